The Morgan fingerprint density at radius 3 is 2.52 bits per heavy atom. The summed E-state index contributed by atoms with van der Waals surface area (Å²) < 4.78 is 10.6. The molecule has 0 atom stereocenters. The molecule has 1 amide bonds. The van der Waals surface area contributed by atoms with Crippen LogP contribution in [0.3, 0.4) is 0 Å². The predicted molar refractivity (Wildman–Crippen MR) is 107 cm³/mol. The second-order valence-corrected chi connectivity index (χ2v) is 6.58. The molecule has 0 aliphatic heterocycles. The van der Waals surface area contributed by atoms with E-state index in [9.17, 15) is 14.4 Å². The number of ether oxygens (including phenoxy) is 2. The second kappa shape index (κ2) is 9.20. The average Bonchev–Trinajstić information content (AvgIpc) is 2.73. The van der Waals surface area contributed by atoms with Crippen molar-refractivity contribution in [3.8, 4) is 5.75 Å². The highest BCUT2D eigenvalue weighted by Crippen LogP contribution is 2.15. The van der Waals surface area contributed by atoms with Gasteiger partial charge >= 0.3 is 5.97 Å². The Morgan fingerprint density at radius 2 is 1.79 bits per heavy atom. The number of halogens is 1. The Kier molecular flexibility index (Phi) is 6.46. The Morgan fingerprint density at radius 1 is 1.10 bits per heavy atom. The van der Waals surface area contributed by atoms with Gasteiger partial charge < -0.3 is 14.4 Å². The molecule has 3 rings (SSSR count). The van der Waals surface area contributed by atoms with Gasteiger partial charge in [-0.15, -0.1) is 0 Å². The van der Waals surface area contributed by atoms with Crippen molar-refractivity contribution in [2.45, 2.75) is 0 Å². The molecule has 0 aliphatic carbocycles. The maximum absolute atomic E-state index is 12.3. The lowest BCUT2D eigenvalue weighted by molar-refractivity contribution is -0.133. The van der Waals surface area contributed by atoms with Crippen LogP contribution in [0.2, 0.25) is 5.02 Å². The molecule has 0 saturated heterocycles. The summed E-state index contributed by atoms with van der Waals surface area (Å²) >= 11 is 5.81. The Balaban J connectivity index is 1.52. The number of esters is 1. The lowest BCUT2D eigenvalue weighted by Crippen LogP contribution is -2.34. The quantitative estimate of drug-likeness (QED) is 0.594. The zero-order valence-electron chi connectivity index (χ0n) is 15.6. The first-order chi connectivity index (χ1) is 14.0. The molecule has 0 unspecified atom stereocenters. The molecule has 150 valence electrons. The van der Waals surface area contributed by atoms with E-state index in [0.717, 1.165) is 0 Å². The highest BCUT2D eigenvalue weighted by molar-refractivity contribution is 6.30. The summed E-state index contributed by atoms with van der Waals surface area (Å²) in [6.07, 6.45) is 0. The van der Waals surface area contributed by atoms with Gasteiger partial charge in [-0.2, -0.15) is 5.10 Å². The minimum atomic E-state index is -0.795. The SMILES string of the molecule is CN(CCOc1ccc(Cl)cc1)C(=O)COC(=O)c1n[nH]c(=O)c2ccccc12. The molecule has 2 aromatic carbocycles. The molecule has 1 aromatic heterocycles. The fraction of sp³-hybridized carbons (Fsp3) is 0.200. The van der Waals surface area contributed by atoms with Crippen LogP contribution in [0.25, 0.3) is 10.8 Å². The van der Waals surface area contributed by atoms with Crippen molar-refractivity contribution in [1.82, 2.24) is 15.1 Å². The summed E-state index contributed by atoms with van der Waals surface area (Å²) in [6, 6.07) is 13.4. The highest BCUT2D eigenvalue weighted by atomic mass is 35.5. The van der Waals surface area contributed by atoms with E-state index in [1.54, 1.807) is 55.6 Å². The first-order valence-corrected chi connectivity index (χ1v) is 9.10. The normalized spacial score (nSPS) is 10.6. The third-order valence-electron chi connectivity index (χ3n) is 4.15. The van der Waals surface area contributed by atoms with Crippen molar-refractivity contribution in [2.24, 2.45) is 0 Å². The zero-order chi connectivity index (χ0) is 20.8. The monoisotopic (exact) mass is 415 g/mol. The number of likely N-dealkylation sites (N-methyl/N-ethyl adjacent to an activating group) is 1. The third kappa shape index (κ3) is 5.11. The molecule has 1 heterocycles. The number of rotatable bonds is 7. The summed E-state index contributed by atoms with van der Waals surface area (Å²) in [5.74, 6) is -0.555. The molecule has 8 nitrogen and oxygen atoms in total. The number of hydrogen-bond donors (Lipinski definition) is 1. The third-order valence-corrected chi connectivity index (χ3v) is 4.40. The largest absolute Gasteiger partial charge is 0.492 e. The molecule has 29 heavy (non-hydrogen) atoms. The number of H-pyrrole nitrogens is 1. The van der Waals surface area contributed by atoms with E-state index in [0.29, 0.717) is 28.1 Å². The smallest absolute Gasteiger partial charge is 0.359 e. The van der Waals surface area contributed by atoms with Gasteiger partial charge in [0.05, 0.1) is 11.9 Å². The van der Waals surface area contributed by atoms with E-state index in [2.05, 4.69) is 10.2 Å². The number of amides is 1. The number of nitrogens with one attached hydrogen (secondary N) is 1. The molecule has 1 N–H and O–H groups in total. The Hall–Kier alpha value is -3.39. The fourth-order valence-electron chi connectivity index (χ4n) is 2.53. The van der Waals surface area contributed by atoms with Gasteiger partial charge in [0.15, 0.2) is 12.3 Å². The van der Waals surface area contributed by atoms with Crippen molar-refractivity contribution in [1.29, 1.82) is 0 Å². The van der Waals surface area contributed by atoms with Gasteiger partial charge in [0.1, 0.15) is 12.4 Å². The van der Waals surface area contributed by atoms with Gasteiger partial charge in [-0.3, -0.25) is 9.59 Å². The summed E-state index contributed by atoms with van der Waals surface area (Å²) in [7, 11) is 1.58. The lowest BCUT2D eigenvalue weighted by atomic mass is 10.1. The van der Waals surface area contributed by atoms with Crippen LogP contribution >= 0.6 is 11.6 Å². The number of aromatic nitrogens is 2. The number of benzene rings is 2. The van der Waals surface area contributed by atoms with Crippen LogP contribution in [0, 0.1) is 0 Å². The molecule has 0 aliphatic rings. The van der Waals surface area contributed by atoms with E-state index in [1.807, 2.05) is 0 Å². The van der Waals surface area contributed by atoms with Gasteiger partial charge in [-0.1, -0.05) is 29.8 Å². The molecule has 0 fully saturated rings. The van der Waals surface area contributed by atoms with Crippen LogP contribution in [0.15, 0.2) is 53.3 Å². The molecule has 0 saturated carbocycles. The minimum Gasteiger partial charge on any atom is -0.492 e. The number of nitrogens with zero attached hydrogens (tertiary/aromatic N) is 2. The van der Waals surface area contributed by atoms with Crippen molar-refractivity contribution in [2.75, 3.05) is 26.8 Å². The highest BCUT2D eigenvalue weighted by Gasteiger charge is 2.18. The summed E-state index contributed by atoms with van der Waals surface area (Å²) in [6.45, 7) is 0.119. The summed E-state index contributed by atoms with van der Waals surface area (Å²) in [5.41, 5.74) is -0.463. The topological polar surface area (TPSA) is 102 Å². The standard InChI is InChI=1S/C20H18ClN3O5/c1-24(10-11-28-14-8-6-13(21)7-9-14)17(25)12-29-20(27)18-15-4-2-3-5-16(15)19(26)23-22-18/h2-9H,10-12H2,1H3,(H,23,26). The van der Waals surface area contributed by atoms with E-state index in [4.69, 9.17) is 21.1 Å². The van der Waals surface area contributed by atoms with E-state index < -0.39 is 24.0 Å². The van der Waals surface area contributed by atoms with Crippen molar-refractivity contribution in [3.63, 3.8) is 0 Å². The van der Waals surface area contributed by atoms with Gasteiger partial charge in [0.25, 0.3) is 11.5 Å². The summed E-state index contributed by atoms with van der Waals surface area (Å²) in [5, 5.41) is 7.29. The molecular weight excluding hydrogens is 398 g/mol. The van der Waals surface area contributed by atoms with Crippen LogP contribution in [0.1, 0.15) is 10.5 Å². The summed E-state index contributed by atoms with van der Waals surface area (Å²) in [4.78, 5) is 37.7. The maximum Gasteiger partial charge on any atom is 0.359 e. The van der Waals surface area contributed by atoms with Crippen LogP contribution in [0.4, 0.5) is 0 Å². The van der Waals surface area contributed by atoms with E-state index in [1.165, 1.54) is 4.90 Å². The van der Waals surface area contributed by atoms with Crippen LogP contribution in [0.5, 0.6) is 5.75 Å². The predicted octanol–water partition coefficient (Wildman–Crippen LogP) is 2.27. The van der Waals surface area contributed by atoms with Crippen LogP contribution in [-0.2, 0) is 9.53 Å². The number of carbonyl (C=O) groups is 2. The van der Waals surface area contributed by atoms with E-state index in [-0.39, 0.29) is 12.3 Å². The molecule has 9 heteroatoms. The van der Waals surface area contributed by atoms with Crippen LogP contribution < -0.4 is 10.3 Å². The second-order valence-electron chi connectivity index (χ2n) is 6.14. The molecular formula is C20H18ClN3O5. The fourth-order valence-corrected chi connectivity index (χ4v) is 2.66. The molecule has 0 spiro atoms. The number of hydrogen-bond acceptors (Lipinski definition) is 6. The lowest BCUT2D eigenvalue weighted by Gasteiger charge is -2.17. The maximum atomic E-state index is 12.3. The number of carbonyl (C=O) groups excluding carboxylic acids is 2. The van der Waals surface area contributed by atoms with Gasteiger partial charge in [0, 0.05) is 17.5 Å². The van der Waals surface area contributed by atoms with Crippen LogP contribution in [-0.4, -0.2) is 53.8 Å². The average molecular weight is 416 g/mol. The van der Waals surface area contributed by atoms with Gasteiger partial charge in [-0.25, -0.2) is 9.89 Å². The van der Waals surface area contributed by atoms with Crippen molar-refractivity contribution in [3.05, 3.63) is 69.6 Å². The first kappa shape index (κ1) is 20.3. The van der Waals surface area contributed by atoms with Gasteiger partial charge in [-0.05, 0) is 30.3 Å². The molecule has 0 bridgehead atoms. The molecule has 3 aromatic rings. The van der Waals surface area contributed by atoms with Gasteiger partial charge in [0.2, 0.25) is 0 Å². The minimum absolute atomic E-state index is 0.0540. The first-order valence-electron chi connectivity index (χ1n) is 8.72. The molecule has 0 radical (unpaired) electrons. The number of aromatic amines is 1. The Bertz CT molecular complexity index is 1080. The Labute approximate surface area is 171 Å². The number of fused-ring (bicyclic) bond motifs is 1. The zero-order valence-corrected chi connectivity index (χ0v) is 16.3. The van der Waals surface area contributed by atoms with Crippen molar-refractivity contribution >= 4 is 34.2 Å². The van der Waals surface area contributed by atoms with Crippen molar-refractivity contribution < 1.29 is 19.1 Å². The van der Waals surface area contributed by atoms with E-state index >= 15 is 0 Å².